The number of esters is 2. The van der Waals surface area contributed by atoms with E-state index < -0.39 is 39.8 Å². The average molecular weight is 648 g/mol. The minimum absolute atomic E-state index is 0.0297. The van der Waals surface area contributed by atoms with E-state index in [0.29, 0.717) is 24.8 Å². The van der Waals surface area contributed by atoms with Crippen LogP contribution in [0.1, 0.15) is 61.8 Å². The van der Waals surface area contributed by atoms with Crippen molar-refractivity contribution < 1.29 is 50.1 Å². The van der Waals surface area contributed by atoms with Crippen molar-refractivity contribution >= 4 is 23.7 Å². The summed E-state index contributed by atoms with van der Waals surface area (Å²) in [6, 6.07) is 10.0. The highest BCUT2D eigenvalue weighted by molar-refractivity contribution is 8.01. The van der Waals surface area contributed by atoms with Gasteiger partial charge in [-0.2, -0.15) is 26.3 Å². The zero-order valence-electron chi connectivity index (χ0n) is 24.7. The highest BCUT2D eigenvalue weighted by Gasteiger charge is 2.73. The van der Waals surface area contributed by atoms with Crippen LogP contribution in [-0.2, 0) is 37.8 Å². The molecule has 3 aromatic rings. The molecule has 0 aliphatic rings. The minimum Gasteiger partial charge on any atom is -0.459 e. The topological polar surface area (TPSA) is 92.5 Å². The lowest BCUT2D eigenvalue weighted by molar-refractivity contribution is -0.383. The Kier molecular flexibility index (Phi) is 10.1. The number of aromatic nitrogens is 3. The summed E-state index contributed by atoms with van der Waals surface area (Å²) in [6.45, 7) is 8.56. The zero-order chi connectivity index (χ0) is 33.1. The van der Waals surface area contributed by atoms with Crippen LogP contribution in [0.5, 0.6) is 0 Å². The molecule has 1 aromatic heterocycles. The molecule has 0 aliphatic heterocycles. The molecule has 0 saturated carbocycles. The molecule has 0 atom stereocenters. The maximum atomic E-state index is 13.5. The molecular formula is C29H31F6N3O5S. The van der Waals surface area contributed by atoms with Crippen molar-refractivity contribution in [3.05, 3.63) is 77.1 Å². The van der Waals surface area contributed by atoms with Crippen molar-refractivity contribution in [2.75, 3.05) is 7.11 Å². The van der Waals surface area contributed by atoms with E-state index in [1.54, 1.807) is 58.9 Å². The van der Waals surface area contributed by atoms with Crippen LogP contribution in [-0.4, -0.2) is 56.7 Å². The van der Waals surface area contributed by atoms with Crippen LogP contribution in [0.4, 0.5) is 26.3 Å². The number of nitrogens with zero attached hydrogens (tertiary/aromatic N) is 3. The molecule has 0 unspecified atom stereocenters. The SMILES string of the molecule is COC(c1ccc(Cn2cc(COC(=O)c3ccc(SC(C)(C)C(=O)OC(C)(C)C)cc3)nn2)cc1)(C(F)(F)F)C(F)(F)F. The molecule has 15 heteroatoms. The first-order valence-corrected chi connectivity index (χ1v) is 13.9. The number of halogens is 6. The number of methoxy groups -OCH3 is 1. The van der Waals surface area contributed by atoms with E-state index in [9.17, 15) is 35.9 Å². The van der Waals surface area contributed by atoms with Gasteiger partial charge >= 0.3 is 24.3 Å². The molecule has 44 heavy (non-hydrogen) atoms. The van der Waals surface area contributed by atoms with Crippen molar-refractivity contribution in [2.24, 2.45) is 0 Å². The summed E-state index contributed by atoms with van der Waals surface area (Å²) < 4.78 is 96.0. The fourth-order valence-corrected chi connectivity index (χ4v) is 4.96. The molecule has 1 heterocycles. The number of carbonyl (C=O) groups is 2. The predicted octanol–water partition coefficient (Wildman–Crippen LogP) is 6.86. The maximum absolute atomic E-state index is 13.5. The van der Waals surface area contributed by atoms with Gasteiger partial charge in [-0.25, -0.2) is 9.48 Å². The molecule has 240 valence electrons. The third-order valence-corrected chi connectivity index (χ3v) is 7.29. The lowest BCUT2D eigenvalue weighted by Crippen LogP contribution is -2.55. The largest absolute Gasteiger partial charge is 0.459 e. The molecule has 0 fully saturated rings. The zero-order valence-corrected chi connectivity index (χ0v) is 25.5. The van der Waals surface area contributed by atoms with Gasteiger partial charge in [0.05, 0.1) is 18.3 Å². The van der Waals surface area contributed by atoms with Crippen LogP contribution in [0.15, 0.2) is 59.6 Å². The summed E-state index contributed by atoms with van der Waals surface area (Å²) in [6.07, 6.45) is -10.1. The Morgan fingerprint density at radius 2 is 1.43 bits per heavy atom. The summed E-state index contributed by atoms with van der Waals surface area (Å²) >= 11 is 1.28. The number of carbonyl (C=O) groups excluding carboxylic acids is 2. The van der Waals surface area contributed by atoms with Gasteiger partial charge in [-0.3, -0.25) is 4.79 Å². The number of benzene rings is 2. The predicted molar refractivity (Wildman–Crippen MR) is 148 cm³/mol. The molecule has 3 rings (SSSR count). The second-order valence-electron chi connectivity index (χ2n) is 11.2. The van der Waals surface area contributed by atoms with Gasteiger partial charge in [-0.05, 0) is 64.4 Å². The highest BCUT2D eigenvalue weighted by Crippen LogP contribution is 2.52. The van der Waals surface area contributed by atoms with Gasteiger partial charge in [0.2, 0.25) is 0 Å². The Hall–Kier alpha value is -3.59. The van der Waals surface area contributed by atoms with Crippen LogP contribution in [0.3, 0.4) is 0 Å². The van der Waals surface area contributed by atoms with E-state index in [-0.39, 0.29) is 30.4 Å². The molecule has 0 spiro atoms. The molecule has 0 saturated heterocycles. The maximum Gasteiger partial charge on any atom is 0.430 e. The number of rotatable bonds is 10. The van der Waals surface area contributed by atoms with E-state index in [0.717, 1.165) is 17.0 Å². The Bertz CT molecular complexity index is 1430. The summed E-state index contributed by atoms with van der Waals surface area (Å²) in [4.78, 5) is 25.8. The van der Waals surface area contributed by atoms with Crippen molar-refractivity contribution in [1.29, 1.82) is 0 Å². The Balaban J connectivity index is 1.59. The Morgan fingerprint density at radius 1 is 0.864 bits per heavy atom. The normalized spacial score (nSPS) is 13.1. The van der Waals surface area contributed by atoms with Gasteiger partial charge in [0.25, 0.3) is 5.60 Å². The number of thioether (sulfide) groups is 1. The Morgan fingerprint density at radius 3 is 1.93 bits per heavy atom. The van der Waals surface area contributed by atoms with E-state index in [4.69, 9.17) is 9.47 Å². The van der Waals surface area contributed by atoms with E-state index in [2.05, 4.69) is 15.0 Å². The van der Waals surface area contributed by atoms with Crippen LogP contribution in [0.2, 0.25) is 0 Å². The van der Waals surface area contributed by atoms with Gasteiger partial charge in [-0.1, -0.05) is 29.5 Å². The first kappa shape index (κ1) is 34.9. The van der Waals surface area contributed by atoms with Crippen molar-refractivity contribution in [3.63, 3.8) is 0 Å². The van der Waals surface area contributed by atoms with Crippen LogP contribution in [0.25, 0.3) is 0 Å². The molecule has 8 nitrogen and oxygen atoms in total. The van der Waals surface area contributed by atoms with Gasteiger partial charge in [0.1, 0.15) is 22.6 Å². The minimum atomic E-state index is -5.75. The van der Waals surface area contributed by atoms with Crippen molar-refractivity contribution in [2.45, 2.75) is 81.0 Å². The second kappa shape index (κ2) is 12.8. The van der Waals surface area contributed by atoms with Gasteiger partial charge in [0.15, 0.2) is 0 Å². The van der Waals surface area contributed by atoms with Gasteiger partial charge < -0.3 is 14.2 Å². The molecule has 0 radical (unpaired) electrons. The van der Waals surface area contributed by atoms with Gasteiger partial charge in [0, 0.05) is 17.6 Å². The summed E-state index contributed by atoms with van der Waals surface area (Å²) in [7, 11) is 0.350. The fraction of sp³-hybridized carbons (Fsp3) is 0.448. The first-order chi connectivity index (χ1) is 20.2. The third-order valence-electron chi connectivity index (χ3n) is 6.10. The third kappa shape index (κ3) is 8.11. The van der Waals surface area contributed by atoms with Crippen LogP contribution >= 0.6 is 11.8 Å². The quantitative estimate of drug-likeness (QED) is 0.134. The van der Waals surface area contributed by atoms with Crippen LogP contribution < -0.4 is 0 Å². The number of hydrogen-bond acceptors (Lipinski definition) is 8. The second-order valence-corrected chi connectivity index (χ2v) is 12.9. The summed E-state index contributed by atoms with van der Waals surface area (Å²) in [5.74, 6) is -1.02. The number of ether oxygens (including phenoxy) is 3. The fourth-order valence-electron chi connectivity index (χ4n) is 3.97. The number of hydrogen-bond donors (Lipinski definition) is 0. The average Bonchev–Trinajstić information content (AvgIpc) is 3.33. The van der Waals surface area contributed by atoms with E-state index >= 15 is 0 Å². The molecule has 0 aliphatic carbocycles. The number of alkyl halides is 6. The van der Waals surface area contributed by atoms with E-state index in [1.165, 1.54) is 22.6 Å². The monoisotopic (exact) mass is 647 g/mol. The molecule has 0 amide bonds. The smallest absolute Gasteiger partial charge is 0.430 e. The van der Waals surface area contributed by atoms with Crippen molar-refractivity contribution in [3.8, 4) is 0 Å². The summed E-state index contributed by atoms with van der Waals surface area (Å²) in [5.41, 5.74) is -5.37. The standard InChI is InChI=1S/C29H31F6N3O5S/c1-25(2,3)43-24(40)26(4,5)44-22-13-9-19(10-14-22)23(39)42-17-21-16-38(37-36-21)15-18-7-11-20(12-8-18)27(41-6,28(30,31)32)29(33,34)35/h7-14,16H,15,17H2,1-6H3. The van der Waals surface area contributed by atoms with E-state index in [1.807, 2.05) is 0 Å². The lowest BCUT2D eigenvalue weighted by Gasteiger charge is -2.36. The van der Waals surface area contributed by atoms with Crippen LogP contribution in [0, 0.1) is 0 Å². The molecule has 2 aromatic carbocycles. The Labute approximate surface area is 254 Å². The molecular weight excluding hydrogens is 616 g/mol. The first-order valence-electron chi connectivity index (χ1n) is 13.1. The summed E-state index contributed by atoms with van der Waals surface area (Å²) in [5, 5.41) is 7.74. The highest BCUT2D eigenvalue weighted by atomic mass is 32.2. The molecule has 0 N–H and O–H groups in total. The van der Waals surface area contributed by atoms with Crippen molar-refractivity contribution in [1.82, 2.24) is 15.0 Å². The molecule has 0 bridgehead atoms. The van der Waals surface area contributed by atoms with Gasteiger partial charge in [-0.15, -0.1) is 16.9 Å². The lowest BCUT2D eigenvalue weighted by atomic mass is 9.91.